The Morgan fingerprint density at radius 2 is 2.07 bits per heavy atom. The molecule has 2 fully saturated rings. The standard InChI is InChI=1S/C9H13N3O3/c10-12-11-9(13)15-7-3-1-6(2-4-7)8-5-14-8/h6-8H,1-5H2. The smallest absolute Gasteiger partial charge is 0.397 e. The van der Waals surface area contributed by atoms with E-state index >= 15 is 0 Å². The minimum atomic E-state index is -0.816. The van der Waals surface area contributed by atoms with Crippen LogP contribution in [0.5, 0.6) is 0 Å². The second kappa shape index (κ2) is 4.51. The van der Waals surface area contributed by atoms with Crippen molar-refractivity contribution in [3.63, 3.8) is 0 Å². The maximum absolute atomic E-state index is 10.9. The third-order valence-electron chi connectivity index (χ3n) is 3.00. The lowest BCUT2D eigenvalue weighted by Gasteiger charge is -2.26. The van der Waals surface area contributed by atoms with Gasteiger partial charge in [-0.2, -0.15) is 0 Å². The first-order valence-corrected chi connectivity index (χ1v) is 5.17. The van der Waals surface area contributed by atoms with Crippen LogP contribution in [0.2, 0.25) is 0 Å². The Morgan fingerprint density at radius 1 is 1.40 bits per heavy atom. The fraction of sp³-hybridized carbons (Fsp3) is 0.889. The normalized spacial score (nSPS) is 34.0. The first-order valence-electron chi connectivity index (χ1n) is 5.17. The molecule has 1 amide bonds. The molecule has 0 radical (unpaired) electrons. The molecule has 0 aromatic carbocycles. The summed E-state index contributed by atoms with van der Waals surface area (Å²) in [4.78, 5) is 13.3. The third kappa shape index (κ3) is 2.84. The summed E-state index contributed by atoms with van der Waals surface area (Å²) in [6, 6.07) is 0. The number of rotatable bonds is 2. The lowest BCUT2D eigenvalue weighted by atomic mass is 9.85. The maximum atomic E-state index is 10.9. The van der Waals surface area contributed by atoms with E-state index in [2.05, 4.69) is 10.0 Å². The number of carbonyl (C=O) groups excluding carboxylic acids is 1. The summed E-state index contributed by atoms with van der Waals surface area (Å²) in [5.74, 6) is 0.624. The van der Waals surface area contributed by atoms with Crippen LogP contribution in [0.3, 0.4) is 0 Å². The Balaban J connectivity index is 1.72. The van der Waals surface area contributed by atoms with E-state index in [4.69, 9.17) is 15.0 Å². The number of amides is 1. The van der Waals surface area contributed by atoms with Crippen LogP contribution in [0, 0.1) is 5.92 Å². The maximum Gasteiger partial charge on any atom is 0.397 e. The molecule has 1 aliphatic heterocycles. The minimum absolute atomic E-state index is 0.0852. The monoisotopic (exact) mass is 211 g/mol. The van der Waals surface area contributed by atoms with Crippen LogP contribution < -0.4 is 0 Å². The molecule has 1 saturated carbocycles. The molecule has 1 heterocycles. The summed E-state index contributed by atoms with van der Waals surface area (Å²) in [5.41, 5.74) is 8.03. The number of ether oxygens (including phenoxy) is 2. The molecule has 1 aliphatic carbocycles. The second-order valence-corrected chi connectivity index (χ2v) is 3.98. The Kier molecular flexibility index (Phi) is 3.08. The van der Waals surface area contributed by atoms with Gasteiger partial charge in [0.2, 0.25) is 0 Å². The summed E-state index contributed by atoms with van der Waals surface area (Å²) < 4.78 is 10.2. The van der Waals surface area contributed by atoms with E-state index in [-0.39, 0.29) is 6.10 Å². The Hall–Kier alpha value is -1.26. The van der Waals surface area contributed by atoms with Crippen molar-refractivity contribution in [1.29, 1.82) is 0 Å². The van der Waals surface area contributed by atoms with Crippen molar-refractivity contribution in [2.24, 2.45) is 11.0 Å². The highest BCUT2D eigenvalue weighted by Gasteiger charge is 2.36. The SMILES string of the molecule is [N-]=[N+]=NC(=O)OC1CCC(C2CO2)CC1. The van der Waals surface area contributed by atoms with Gasteiger partial charge in [-0.15, -0.1) is 0 Å². The van der Waals surface area contributed by atoms with E-state index < -0.39 is 6.09 Å². The molecule has 82 valence electrons. The van der Waals surface area contributed by atoms with Crippen LogP contribution in [0.4, 0.5) is 4.79 Å². The minimum Gasteiger partial charge on any atom is -0.458 e. The molecule has 0 aromatic rings. The van der Waals surface area contributed by atoms with Crippen LogP contribution in [0.25, 0.3) is 10.4 Å². The van der Waals surface area contributed by atoms with Gasteiger partial charge < -0.3 is 9.47 Å². The van der Waals surface area contributed by atoms with Gasteiger partial charge in [-0.25, -0.2) is 4.79 Å². The van der Waals surface area contributed by atoms with Gasteiger partial charge in [0, 0.05) is 10.0 Å². The highest BCUT2D eigenvalue weighted by Crippen LogP contribution is 2.34. The second-order valence-electron chi connectivity index (χ2n) is 3.98. The summed E-state index contributed by atoms with van der Waals surface area (Å²) in [6.45, 7) is 0.883. The number of epoxide rings is 1. The summed E-state index contributed by atoms with van der Waals surface area (Å²) in [6.07, 6.45) is 3.28. The van der Waals surface area contributed by atoms with E-state index in [1.54, 1.807) is 0 Å². The van der Waals surface area contributed by atoms with Crippen molar-refractivity contribution in [2.45, 2.75) is 37.9 Å². The van der Waals surface area contributed by atoms with E-state index in [0.717, 1.165) is 32.3 Å². The summed E-state index contributed by atoms with van der Waals surface area (Å²) in [7, 11) is 0. The van der Waals surface area contributed by atoms with Crippen molar-refractivity contribution in [1.82, 2.24) is 0 Å². The Bertz CT molecular complexity index is 289. The van der Waals surface area contributed by atoms with Crippen LogP contribution in [0.1, 0.15) is 25.7 Å². The largest absolute Gasteiger partial charge is 0.458 e. The molecule has 0 bridgehead atoms. The molecule has 0 aromatic heterocycles. The van der Waals surface area contributed by atoms with Crippen LogP contribution in [-0.2, 0) is 9.47 Å². The lowest BCUT2D eigenvalue weighted by Crippen LogP contribution is -2.25. The molecule has 0 N–H and O–H groups in total. The summed E-state index contributed by atoms with van der Waals surface area (Å²) in [5, 5.41) is 2.88. The Labute approximate surface area is 87.2 Å². The van der Waals surface area contributed by atoms with Gasteiger partial charge in [0.15, 0.2) is 0 Å². The van der Waals surface area contributed by atoms with E-state index in [9.17, 15) is 4.79 Å². The van der Waals surface area contributed by atoms with Gasteiger partial charge in [0.25, 0.3) is 0 Å². The highest BCUT2D eigenvalue weighted by atomic mass is 16.6. The molecule has 2 rings (SSSR count). The zero-order chi connectivity index (χ0) is 10.7. The van der Waals surface area contributed by atoms with Crippen LogP contribution in [-0.4, -0.2) is 24.9 Å². The fourth-order valence-electron chi connectivity index (χ4n) is 2.11. The topological polar surface area (TPSA) is 87.6 Å². The molecule has 2 aliphatic rings. The van der Waals surface area contributed by atoms with Crippen molar-refractivity contribution < 1.29 is 14.3 Å². The first-order chi connectivity index (χ1) is 7.29. The van der Waals surface area contributed by atoms with E-state index in [1.807, 2.05) is 0 Å². The van der Waals surface area contributed by atoms with Crippen LogP contribution in [0.15, 0.2) is 5.11 Å². The molecule has 6 heteroatoms. The van der Waals surface area contributed by atoms with Gasteiger partial charge >= 0.3 is 6.09 Å². The zero-order valence-corrected chi connectivity index (χ0v) is 8.33. The first kappa shape index (κ1) is 10.3. The highest BCUT2D eigenvalue weighted by molar-refractivity contribution is 5.68. The number of hydrogen-bond acceptors (Lipinski definition) is 3. The molecular weight excluding hydrogens is 198 g/mol. The number of carbonyl (C=O) groups is 1. The third-order valence-corrected chi connectivity index (χ3v) is 3.00. The van der Waals surface area contributed by atoms with Crippen molar-refractivity contribution >= 4 is 6.09 Å². The number of hydrogen-bond donors (Lipinski definition) is 0. The van der Waals surface area contributed by atoms with Crippen molar-refractivity contribution in [3.8, 4) is 0 Å². The van der Waals surface area contributed by atoms with E-state index in [1.165, 1.54) is 0 Å². The summed E-state index contributed by atoms with van der Waals surface area (Å²) >= 11 is 0. The fourth-order valence-corrected chi connectivity index (χ4v) is 2.11. The molecule has 6 nitrogen and oxygen atoms in total. The van der Waals surface area contributed by atoms with Gasteiger partial charge in [-0.1, -0.05) is 0 Å². The van der Waals surface area contributed by atoms with Gasteiger partial charge in [-0.05, 0) is 37.1 Å². The number of nitrogens with zero attached hydrogens (tertiary/aromatic N) is 3. The lowest BCUT2D eigenvalue weighted by molar-refractivity contribution is 0.0668. The predicted octanol–water partition coefficient (Wildman–Crippen LogP) is 2.39. The average Bonchev–Trinajstić information content (AvgIpc) is 3.03. The average molecular weight is 211 g/mol. The Morgan fingerprint density at radius 3 is 2.60 bits per heavy atom. The quantitative estimate of drug-likeness (QED) is 0.304. The molecule has 1 saturated heterocycles. The molecule has 1 atom stereocenters. The zero-order valence-electron chi connectivity index (χ0n) is 8.33. The molecule has 0 spiro atoms. The molecule has 15 heavy (non-hydrogen) atoms. The van der Waals surface area contributed by atoms with Crippen molar-refractivity contribution in [2.75, 3.05) is 6.61 Å². The molecule has 1 unspecified atom stereocenters. The molecular formula is C9H13N3O3. The number of azide groups is 1. The van der Waals surface area contributed by atoms with Gasteiger partial charge in [-0.3, -0.25) is 0 Å². The van der Waals surface area contributed by atoms with Crippen molar-refractivity contribution in [3.05, 3.63) is 10.4 Å². The predicted molar refractivity (Wildman–Crippen MR) is 51.1 cm³/mol. The van der Waals surface area contributed by atoms with E-state index in [0.29, 0.717) is 12.0 Å². The van der Waals surface area contributed by atoms with Gasteiger partial charge in [0.05, 0.1) is 12.7 Å². The van der Waals surface area contributed by atoms with Crippen LogP contribution >= 0.6 is 0 Å². The van der Waals surface area contributed by atoms with Gasteiger partial charge in [0.1, 0.15) is 6.10 Å².